The summed E-state index contributed by atoms with van der Waals surface area (Å²) < 4.78 is 18.8. The molecular weight excluding hydrogens is 273 g/mol. The Hall–Kier alpha value is -1.62. The molecule has 5 heteroatoms. The summed E-state index contributed by atoms with van der Waals surface area (Å²) in [6.45, 7) is 0.664. The minimum atomic E-state index is -0.437. The molecule has 0 spiro atoms. The molecule has 0 radical (unpaired) electrons. The minimum absolute atomic E-state index is 0.0513. The topological polar surface area (TPSA) is 49.8 Å². The van der Waals surface area contributed by atoms with Crippen molar-refractivity contribution in [3.63, 3.8) is 0 Å². The van der Waals surface area contributed by atoms with Crippen molar-refractivity contribution in [1.82, 2.24) is 4.90 Å². The van der Waals surface area contributed by atoms with Gasteiger partial charge in [-0.3, -0.25) is 4.79 Å². The highest BCUT2D eigenvalue weighted by atomic mass is 19.1. The molecule has 0 aromatic heterocycles. The molecule has 2 atom stereocenters. The van der Waals surface area contributed by atoms with Crippen LogP contribution in [0.2, 0.25) is 0 Å². The van der Waals surface area contributed by atoms with Gasteiger partial charge in [0.05, 0.1) is 12.0 Å². The quantitative estimate of drug-likeness (QED) is 0.917. The molecule has 1 aliphatic heterocycles. The number of fused-ring (bicyclic) bond motifs is 1. The maximum Gasteiger partial charge on any atom is 0.229 e. The summed E-state index contributed by atoms with van der Waals surface area (Å²) in [5.41, 5.74) is 0.732. The zero-order valence-corrected chi connectivity index (χ0v) is 12.1. The van der Waals surface area contributed by atoms with Crippen molar-refractivity contribution in [3.8, 4) is 5.75 Å². The van der Waals surface area contributed by atoms with E-state index in [-0.39, 0.29) is 17.6 Å². The van der Waals surface area contributed by atoms with Crippen LogP contribution in [-0.4, -0.2) is 42.2 Å². The Morgan fingerprint density at radius 2 is 2.29 bits per heavy atom. The Bertz CT molecular complexity index is 544. The lowest BCUT2D eigenvalue weighted by Gasteiger charge is -2.29. The van der Waals surface area contributed by atoms with E-state index in [0.717, 1.165) is 18.4 Å². The van der Waals surface area contributed by atoms with Gasteiger partial charge in [-0.1, -0.05) is 0 Å². The Morgan fingerprint density at radius 3 is 3.00 bits per heavy atom. The fourth-order valence-corrected chi connectivity index (χ4v) is 2.83. The van der Waals surface area contributed by atoms with Crippen LogP contribution in [0.4, 0.5) is 4.39 Å². The number of hydrogen-bond donors (Lipinski definition) is 1. The number of likely N-dealkylation sites (N-methyl/N-ethyl adjacent to an activating group) is 1. The van der Waals surface area contributed by atoms with E-state index in [1.165, 1.54) is 12.1 Å². The number of halogens is 1. The van der Waals surface area contributed by atoms with Crippen molar-refractivity contribution < 1.29 is 19.0 Å². The highest BCUT2D eigenvalue weighted by Gasteiger charge is 2.33. The average molecular weight is 293 g/mol. The lowest BCUT2D eigenvalue weighted by atomic mass is 9.95. The number of benzene rings is 1. The van der Waals surface area contributed by atoms with Crippen LogP contribution in [0.25, 0.3) is 0 Å². The van der Waals surface area contributed by atoms with E-state index in [1.54, 1.807) is 18.0 Å². The first kappa shape index (κ1) is 14.3. The highest BCUT2D eigenvalue weighted by Crippen LogP contribution is 2.33. The van der Waals surface area contributed by atoms with Gasteiger partial charge in [0.1, 0.15) is 18.2 Å². The van der Waals surface area contributed by atoms with Crippen LogP contribution < -0.4 is 4.74 Å². The van der Waals surface area contributed by atoms with Gasteiger partial charge in [0.2, 0.25) is 5.91 Å². The fourth-order valence-electron chi connectivity index (χ4n) is 2.83. The lowest BCUT2D eigenvalue weighted by molar-refractivity contribution is -0.137. The smallest absolute Gasteiger partial charge is 0.229 e. The molecule has 1 N–H and O–H groups in total. The molecule has 1 aromatic rings. The van der Waals surface area contributed by atoms with Gasteiger partial charge in [-0.05, 0) is 48.9 Å². The molecule has 1 saturated carbocycles. The number of carbonyl (C=O) groups excluding carboxylic acids is 1. The van der Waals surface area contributed by atoms with Gasteiger partial charge in [0, 0.05) is 13.6 Å². The Morgan fingerprint density at radius 1 is 1.52 bits per heavy atom. The van der Waals surface area contributed by atoms with E-state index in [4.69, 9.17) is 4.74 Å². The second-order valence-corrected chi connectivity index (χ2v) is 6.09. The molecule has 1 amide bonds. The number of amides is 1. The Balaban J connectivity index is 1.63. The van der Waals surface area contributed by atoms with Gasteiger partial charge < -0.3 is 14.7 Å². The van der Waals surface area contributed by atoms with E-state index in [2.05, 4.69) is 0 Å². The number of ether oxygens (including phenoxy) is 1. The number of nitrogens with zero attached hydrogens (tertiary/aromatic N) is 1. The molecule has 1 heterocycles. The molecule has 114 valence electrons. The third kappa shape index (κ3) is 3.18. The van der Waals surface area contributed by atoms with Crippen LogP contribution in [-0.2, 0) is 11.2 Å². The first-order valence-corrected chi connectivity index (χ1v) is 7.39. The normalized spacial score (nSPS) is 22.1. The highest BCUT2D eigenvalue weighted by molar-refractivity contribution is 5.79. The number of aliphatic hydroxyl groups excluding tert-OH is 1. The summed E-state index contributed by atoms with van der Waals surface area (Å²) in [5.74, 6) is 0.321. The largest absolute Gasteiger partial charge is 0.492 e. The van der Waals surface area contributed by atoms with E-state index < -0.39 is 6.10 Å². The van der Waals surface area contributed by atoms with E-state index >= 15 is 0 Å². The van der Waals surface area contributed by atoms with Gasteiger partial charge >= 0.3 is 0 Å². The van der Waals surface area contributed by atoms with E-state index in [0.29, 0.717) is 31.2 Å². The first-order chi connectivity index (χ1) is 10.0. The predicted octanol–water partition coefficient (Wildman–Crippen LogP) is 1.61. The van der Waals surface area contributed by atoms with Crippen LogP contribution in [0.1, 0.15) is 18.4 Å². The predicted molar refractivity (Wildman–Crippen MR) is 75.5 cm³/mol. The summed E-state index contributed by atoms with van der Waals surface area (Å²) in [6.07, 6.45) is 2.13. The third-order valence-corrected chi connectivity index (χ3v) is 4.28. The summed E-state index contributed by atoms with van der Waals surface area (Å²) in [4.78, 5) is 14.0. The van der Waals surface area contributed by atoms with Gasteiger partial charge in [-0.2, -0.15) is 0 Å². The lowest BCUT2D eigenvalue weighted by Crippen LogP contribution is -2.42. The van der Waals surface area contributed by atoms with Crippen molar-refractivity contribution in [2.24, 2.45) is 11.8 Å². The zero-order chi connectivity index (χ0) is 15.0. The third-order valence-electron chi connectivity index (χ3n) is 4.28. The van der Waals surface area contributed by atoms with Gasteiger partial charge in [0.25, 0.3) is 0 Å². The van der Waals surface area contributed by atoms with Crippen LogP contribution >= 0.6 is 0 Å². The molecule has 2 unspecified atom stereocenters. The van der Waals surface area contributed by atoms with E-state index in [1.807, 2.05) is 0 Å². The molecule has 3 rings (SSSR count). The summed E-state index contributed by atoms with van der Waals surface area (Å²) in [6, 6.07) is 4.39. The average Bonchev–Trinajstić information content (AvgIpc) is 3.30. The molecule has 0 bridgehead atoms. The molecular formula is C16H20FNO3. The fraction of sp³-hybridized carbons (Fsp3) is 0.562. The SMILES string of the molecule is CN(CC(O)C1CC1)C(=O)C1COc2ccc(F)cc2C1. The van der Waals surface area contributed by atoms with Crippen molar-refractivity contribution in [1.29, 1.82) is 0 Å². The maximum absolute atomic E-state index is 13.3. The molecule has 1 aliphatic carbocycles. The number of rotatable bonds is 4. The molecule has 1 fully saturated rings. The Kier molecular flexibility index (Phi) is 3.85. The monoisotopic (exact) mass is 293 g/mol. The summed E-state index contributed by atoms with van der Waals surface area (Å²) >= 11 is 0. The summed E-state index contributed by atoms with van der Waals surface area (Å²) in [5, 5.41) is 9.93. The van der Waals surface area contributed by atoms with Crippen LogP contribution in [0.5, 0.6) is 5.75 Å². The van der Waals surface area contributed by atoms with Crippen molar-refractivity contribution >= 4 is 5.91 Å². The summed E-state index contributed by atoms with van der Waals surface area (Å²) in [7, 11) is 1.70. The zero-order valence-electron chi connectivity index (χ0n) is 12.1. The minimum Gasteiger partial charge on any atom is -0.492 e. The van der Waals surface area contributed by atoms with Gasteiger partial charge in [-0.25, -0.2) is 4.39 Å². The first-order valence-electron chi connectivity index (χ1n) is 7.39. The molecule has 2 aliphatic rings. The van der Waals surface area contributed by atoms with Crippen LogP contribution in [0.15, 0.2) is 18.2 Å². The molecule has 0 saturated heterocycles. The van der Waals surface area contributed by atoms with Gasteiger partial charge in [-0.15, -0.1) is 0 Å². The molecule has 4 nitrogen and oxygen atoms in total. The second-order valence-electron chi connectivity index (χ2n) is 6.09. The standard InChI is InChI=1S/C16H20FNO3/c1-18(8-14(19)10-2-3-10)16(20)12-6-11-7-13(17)4-5-15(11)21-9-12/h4-5,7,10,12,14,19H,2-3,6,8-9H2,1H3. The van der Waals surface area contributed by atoms with Crippen LogP contribution in [0.3, 0.4) is 0 Å². The maximum atomic E-state index is 13.3. The van der Waals surface area contributed by atoms with Gasteiger partial charge in [0.15, 0.2) is 0 Å². The van der Waals surface area contributed by atoms with Crippen LogP contribution in [0, 0.1) is 17.7 Å². The Labute approximate surface area is 123 Å². The van der Waals surface area contributed by atoms with E-state index in [9.17, 15) is 14.3 Å². The van der Waals surface area contributed by atoms with Crippen molar-refractivity contribution in [2.75, 3.05) is 20.2 Å². The van der Waals surface area contributed by atoms with Crippen molar-refractivity contribution in [3.05, 3.63) is 29.6 Å². The number of carbonyl (C=O) groups is 1. The number of hydrogen-bond acceptors (Lipinski definition) is 3. The molecule has 1 aromatic carbocycles. The van der Waals surface area contributed by atoms with Crippen molar-refractivity contribution in [2.45, 2.75) is 25.4 Å². The number of aliphatic hydroxyl groups is 1. The molecule has 21 heavy (non-hydrogen) atoms. The second kappa shape index (κ2) is 5.64.